The highest BCUT2D eigenvalue weighted by Gasteiger charge is 2.45. The Balaban J connectivity index is 0. The average molecular weight is 409 g/mol. The molecule has 1 amide bonds. The minimum Gasteiger partial charge on any atom is -0.481 e. The maximum Gasteiger partial charge on any atom is 0.303 e. The summed E-state index contributed by atoms with van der Waals surface area (Å²) in [5, 5.41) is 8.17. The normalized spacial score (nSPS) is 18.1. The Bertz CT molecular complexity index is 529. The molecular weight excluding hydrogens is 367 g/mol. The molecular formula is C19H41N2O5P. The molecule has 0 bridgehead atoms. The Morgan fingerprint density at radius 2 is 1.44 bits per heavy atom. The highest BCUT2D eigenvalue weighted by Crippen LogP contribution is 2.62. The minimum atomic E-state index is -3.06. The van der Waals surface area contributed by atoms with Crippen LogP contribution < -0.4 is 0 Å². The second kappa shape index (κ2) is 10.6. The lowest BCUT2D eigenvalue weighted by atomic mass is 9.99. The monoisotopic (exact) mass is 408 g/mol. The number of carbonyl (C=O) groups excluding carboxylic acids is 1. The van der Waals surface area contributed by atoms with Gasteiger partial charge in [0, 0.05) is 32.6 Å². The summed E-state index contributed by atoms with van der Waals surface area (Å²) in [6.45, 7) is 14.1. The van der Waals surface area contributed by atoms with Crippen LogP contribution in [0.2, 0.25) is 0 Å². The molecule has 0 aromatic rings. The number of hydrogen-bond donors (Lipinski definition) is 1. The SMILES string of the molecule is C.C.CC(C)(C)COP(=O)(N1CCN(C(=O)CCC(=O)O)CC1)C(C)(C)C. The first kappa shape index (κ1) is 28.3. The maximum atomic E-state index is 13.7. The fraction of sp³-hybridized carbons (Fsp3) is 0.895. The fourth-order valence-electron chi connectivity index (χ4n) is 2.56. The van der Waals surface area contributed by atoms with Crippen LogP contribution in [0, 0.1) is 5.41 Å². The summed E-state index contributed by atoms with van der Waals surface area (Å²) in [6.07, 6.45) is -0.152. The number of rotatable bonds is 6. The van der Waals surface area contributed by atoms with Crippen LogP contribution >= 0.6 is 7.52 Å². The van der Waals surface area contributed by atoms with Crippen LogP contribution in [0.1, 0.15) is 69.2 Å². The summed E-state index contributed by atoms with van der Waals surface area (Å²) in [4.78, 5) is 24.3. The molecule has 0 aliphatic carbocycles. The predicted octanol–water partition coefficient (Wildman–Crippen LogP) is 4.32. The molecule has 0 aromatic carbocycles. The van der Waals surface area contributed by atoms with Gasteiger partial charge >= 0.3 is 5.97 Å². The number of carbonyl (C=O) groups is 2. The number of nitrogens with zero attached hydrogens (tertiary/aromatic N) is 2. The van der Waals surface area contributed by atoms with Crippen molar-refractivity contribution in [1.29, 1.82) is 0 Å². The highest BCUT2D eigenvalue weighted by molar-refractivity contribution is 7.58. The van der Waals surface area contributed by atoms with Crippen molar-refractivity contribution < 1.29 is 23.8 Å². The van der Waals surface area contributed by atoms with Gasteiger partial charge in [0.25, 0.3) is 7.52 Å². The molecule has 1 aliphatic heterocycles. The van der Waals surface area contributed by atoms with E-state index in [1.54, 1.807) is 4.90 Å². The van der Waals surface area contributed by atoms with Crippen molar-refractivity contribution in [3.05, 3.63) is 0 Å². The third kappa shape index (κ3) is 8.32. The molecule has 1 fully saturated rings. The molecule has 1 N–H and O–H groups in total. The molecule has 8 heteroatoms. The van der Waals surface area contributed by atoms with E-state index < -0.39 is 18.6 Å². The summed E-state index contributed by atoms with van der Waals surface area (Å²) in [5.41, 5.74) is -0.0878. The third-order valence-electron chi connectivity index (χ3n) is 4.05. The van der Waals surface area contributed by atoms with Gasteiger partial charge in [-0.05, 0) is 26.2 Å². The highest BCUT2D eigenvalue weighted by atomic mass is 31.2. The zero-order valence-electron chi connectivity index (χ0n) is 16.4. The Morgan fingerprint density at radius 3 is 1.81 bits per heavy atom. The Morgan fingerprint density at radius 1 is 0.963 bits per heavy atom. The standard InChI is InChI=1S/C17H33N2O5P.2CH4/c1-16(2,3)13-24-25(23,17(4,5)6)19-11-9-18(10-12-19)14(20)7-8-15(21)22;;/h7-13H2,1-6H3,(H,21,22);2*1H4. The molecule has 1 rings (SSSR count). The first-order chi connectivity index (χ1) is 11.3. The quantitative estimate of drug-likeness (QED) is 0.659. The zero-order chi connectivity index (χ0) is 19.5. The van der Waals surface area contributed by atoms with Crippen LogP contribution in [0.5, 0.6) is 0 Å². The third-order valence-corrected chi connectivity index (χ3v) is 7.37. The second-order valence-corrected chi connectivity index (χ2v) is 12.0. The molecule has 0 spiro atoms. The van der Waals surface area contributed by atoms with Crippen LogP contribution in [0.3, 0.4) is 0 Å². The Kier molecular flexibility index (Phi) is 11.1. The number of carboxylic acid groups (broad SMARTS) is 1. The van der Waals surface area contributed by atoms with Crippen molar-refractivity contribution in [3.8, 4) is 0 Å². The van der Waals surface area contributed by atoms with E-state index in [-0.39, 0.29) is 39.0 Å². The van der Waals surface area contributed by atoms with Gasteiger partial charge in [-0.3, -0.25) is 14.2 Å². The van der Waals surface area contributed by atoms with E-state index in [1.165, 1.54) is 0 Å². The van der Waals surface area contributed by atoms with E-state index in [1.807, 2.05) is 46.2 Å². The molecule has 7 nitrogen and oxygen atoms in total. The molecule has 0 aromatic heterocycles. The van der Waals surface area contributed by atoms with Gasteiger partial charge in [-0.15, -0.1) is 0 Å². The second-order valence-electron chi connectivity index (χ2n) is 8.75. The van der Waals surface area contributed by atoms with Gasteiger partial charge < -0.3 is 14.5 Å². The Labute approximate surface area is 165 Å². The van der Waals surface area contributed by atoms with E-state index in [2.05, 4.69) is 0 Å². The summed E-state index contributed by atoms with van der Waals surface area (Å²) >= 11 is 0. The molecule has 27 heavy (non-hydrogen) atoms. The summed E-state index contributed by atoms with van der Waals surface area (Å²) in [6, 6.07) is 0. The largest absolute Gasteiger partial charge is 0.481 e. The first-order valence-corrected chi connectivity index (χ1v) is 10.3. The molecule has 1 unspecified atom stereocenters. The van der Waals surface area contributed by atoms with Crippen LogP contribution in [-0.2, 0) is 18.7 Å². The maximum absolute atomic E-state index is 13.7. The van der Waals surface area contributed by atoms with Crippen LogP contribution in [0.25, 0.3) is 0 Å². The number of carboxylic acids is 1. The van der Waals surface area contributed by atoms with Crippen molar-refractivity contribution in [2.24, 2.45) is 5.41 Å². The van der Waals surface area contributed by atoms with Gasteiger partial charge in [0.15, 0.2) is 0 Å². The predicted molar refractivity (Wildman–Crippen MR) is 111 cm³/mol. The minimum absolute atomic E-state index is 0. The molecule has 1 aliphatic rings. The van der Waals surface area contributed by atoms with Gasteiger partial charge in [-0.2, -0.15) is 0 Å². The van der Waals surface area contributed by atoms with E-state index >= 15 is 0 Å². The van der Waals surface area contributed by atoms with Gasteiger partial charge in [-0.1, -0.05) is 35.6 Å². The van der Waals surface area contributed by atoms with Gasteiger partial charge in [0.05, 0.1) is 18.2 Å². The number of hydrogen-bond acceptors (Lipinski definition) is 4. The Hall–Kier alpha value is -0.910. The van der Waals surface area contributed by atoms with E-state index in [0.29, 0.717) is 32.8 Å². The van der Waals surface area contributed by atoms with Gasteiger partial charge in [0.2, 0.25) is 5.91 Å². The fourth-order valence-corrected chi connectivity index (χ4v) is 5.23. The van der Waals surface area contributed by atoms with Crippen LogP contribution in [-0.4, -0.2) is 64.5 Å². The smallest absolute Gasteiger partial charge is 0.303 e. The van der Waals surface area contributed by atoms with E-state index in [4.69, 9.17) is 9.63 Å². The van der Waals surface area contributed by atoms with Crippen LogP contribution in [0.15, 0.2) is 0 Å². The van der Waals surface area contributed by atoms with Crippen molar-refractivity contribution in [3.63, 3.8) is 0 Å². The lowest BCUT2D eigenvalue weighted by Crippen LogP contribution is -2.49. The summed E-state index contributed by atoms with van der Waals surface area (Å²) < 4.78 is 21.5. The number of aliphatic carboxylic acids is 1. The van der Waals surface area contributed by atoms with E-state index in [9.17, 15) is 14.2 Å². The first-order valence-electron chi connectivity index (χ1n) is 8.76. The van der Waals surface area contributed by atoms with Crippen molar-refractivity contribution in [2.45, 2.75) is 74.4 Å². The molecule has 1 atom stereocenters. The molecule has 162 valence electrons. The van der Waals surface area contributed by atoms with Gasteiger partial charge in [0.1, 0.15) is 0 Å². The number of amides is 1. The summed E-state index contributed by atoms with van der Waals surface area (Å²) in [5.74, 6) is -1.14. The lowest BCUT2D eigenvalue weighted by Gasteiger charge is -2.44. The molecule has 0 saturated carbocycles. The molecule has 1 heterocycles. The van der Waals surface area contributed by atoms with Crippen molar-refractivity contribution in [2.75, 3.05) is 32.8 Å². The van der Waals surface area contributed by atoms with E-state index in [0.717, 1.165) is 0 Å². The number of piperazine rings is 1. The van der Waals surface area contributed by atoms with Crippen LogP contribution in [0.4, 0.5) is 0 Å². The van der Waals surface area contributed by atoms with Gasteiger partial charge in [-0.25, -0.2) is 4.67 Å². The molecule has 0 radical (unpaired) electrons. The molecule has 1 saturated heterocycles. The summed E-state index contributed by atoms with van der Waals surface area (Å²) in [7, 11) is -3.06. The van der Waals surface area contributed by atoms with Crippen molar-refractivity contribution in [1.82, 2.24) is 9.57 Å². The lowest BCUT2D eigenvalue weighted by molar-refractivity contribution is -0.141. The average Bonchev–Trinajstić information content (AvgIpc) is 2.48. The zero-order valence-corrected chi connectivity index (χ0v) is 17.3. The topological polar surface area (TPSA) is 87.2 Å². The van der Waals surface area contributed by atoms with Crippen molar-refractivity contribution >= 4 is 19.4 Å².